The molecular weight excluding hydrogens is 182 g/mol. The summed E-state index contributed by atoms with van der Waals surface area (Å²) in [6.07, 6.45) is 2.63. The van der Waals surface area contributed by atoms with Crippen LogP contribution in [0.2, 0.25) is 0 Å². The highest BCUT2D eigenvalue weighted by atomic mass is 16.7. The van der Waals surface area contributed by atoms with Gasteiger partial charge in [0.25, 0.3) is 0 Å². The average Bonchev–Trinajstić information content (AvgIpc) is 2.66. The Hall–Kier alpha value is -0.160. The molecular formula is C10H21NO3. The molecule has 84 valence electrons. The van der Waals surface area contributed by atoms with Crippen LogP contribution in [0.15, 0.2) is 0 Å². The van der Waals surface area contributed by atoms with Gasteiger partial charge in [0, 0.05) is 33.9 Å². The summed E-state index contributed by atoms with van der Waals surface area (Å²) in [7, 11) is 5.38. The lowest BCUT2D eigenvalue weighted by atomic mass is 10.2. The van der Waals surface area contributed by atoms with Crippen molar-refractivity contribution < 1.29 is 14.2 Å². The summed E-state index contributed by atoms with van der Waals surface area (Å²) >= 11 is 0. The largest absolute Gasteiger partial charge is 0.377 e. The minimum absolute atomic E-state index is 0.138. The normalized spacial score (nSPS) is 22.5. The van der Waals surface area contributed by atoms with E-state index < -0.39 is 0 Å². The fourth-order valence-electron chi connectivity index (χ4n) is 1.71. The number of likely N-dealkylation sites (N-methyl/N-ethyl adjacent to an activating group) is 1. The molecule has 0 bridgehead atoms. The van der Waals surface area contributed by atoms with Crippen LogP contribution in [0.3, 0.4) is 0 Å². The molecule has 0 aromatic rings. The number of hydrogen-bond donors (Lipinski definition) is 0. The highest BCUT2D eigenvalue weighted by Crippen LogP contribution is 2.12. The van der Waals surface area contributed by atoms with Crippen molar-refractivity contribution in [1.82, 2.24) is 4.90 Å². The minimum atomic E-state index is -0.138. The van der Waals surface area contributed by atoms with E-state index in [0.717, 1.165) is 19.7 Å². The highest BCUT2D eigenvalue weighted by Gasteiger charge is 2.18. The summed E-state index contributed by atoms with van der Waals surface area (Å²) in [5.74, 6) is 0. The van der Waals surface area contributed by atoms with E-state index >= 15 is 0 Å². The van der Waals surface area contributed by atoms with Crippen molar-refractivity contribution in [1.29, 1.82) is 0 Å². The quantitative estimate of drug-likeness (QED) is 0.595. The molecule has 0 spiro atoms. The molecule has 0 radical (unpaired) electrons. The molecule has 1 saturated heterocycles. The van der Waals surface area contributed by atoms with E-state index in [9.17, 15) is 0 Å². The predicted molar refractivity (Wildman–Crippen MR) is 54.3 cm³/mol. The first kappa shape index (κ1) is 11.9. The maximum Gasteiger partial charge on any atom is 0.169 e. The van der Waals surface area contributed by atoms with Crippen molar-refractivity contribution in [2.75, 3.05) is 41.0 Å². The first-order valence-corrected chi connectivity index (χ1v) is 5.12. The molecule has 0 aromatic heterocycles. The lowest BCUT2D eigenvalue weighted by Crippen LogP contribution is -2.36. The molecule has 1 atom stereocenters. The maximum absolute atomic E-state index is 5.55. The van der Waals surface area contributed by atoms with E-state index in [1.807, 2.05) is 0 Å². The second-order valence-corrected chi connectivity index (χ2v) is 3.76. The number of methoxy groups -OCH3 is 2. The zero-order chi connectivity index (χ0) is 10.4. The smallest absolute Gasteiger partial charge is 0.169 e. The van der Waals surface area contributed by atoms with E-state index in [4.69, 9.17) is 14.2 Å². The van der Waals surface area contributed by atoms with Crippen LogP contribution in [0.25, 0.3) is 0 Å². The van der Waals surface area contributed by atoms with Gasteiger partial charge in [0.15, 0.2) is 6.29 Å². The number of rotatable bonds is 6. The summed E-state index contributed by atoms with van der Waals surface area (Å²) in [4.78, 5) is 2.19. The molecule has 1 heterocycles. The summed E-state index contributed by atoms with van der Waals surface area (Å²) in [6.45, 7) is 2.66. The van der Waals surface area contributed by atoms with Crippen LogP contribution in [-0.2, 0) is 14.2 Å². The van der Waals surface area contributed by atoms with Crippen LogP contribution < -0.4 is 0 Å². The molecule has 4 heteroatoms. The fraction of sp³-hybridized carbons (Fsp3) is 1.00. The van der Waals surface area contributed by atoms with Gasteiger partial charge in [0.2, 0.25) is 0 Å². The summed E-state index contributed by atoms with van der Waals surface area (Å²) in [5, 5.41) is 0. The summed E-state index contributed by atoms with van der Waals surface area (Å²) < 4.78 is 15.8. The Balaban J connectivity index is 2.16. The average molecular weight is 203 g/mol. The van der Waals surface area contributed by atoms with Crippen molar-refractivity contribution in [3.05, 3.63) is 0 Å². The van der Waals surface area contributed by atoms with Gasteiger partial charge in [-0.25, -0.2) is 0 Å². The Bertz CT molecular complexity index is 140. The third-order valence-corrected chi connectivity index (χ3v) is 2.53. The molecule has 1 aliphatic rings. The van der Waals surface area contributed by atoms with E-state index in [0.29, 0.717) is 6.10 Å². The molecule has 1 rings (SSSR count). The molecule has 1 aliphatic heterocycles. The van der Waals surface area contributed by atoms with Crippen LogP contribution in [0.1, 0.15) is 12.8 Å². The summed E-state index contributed by atoms with van der Waals surface area (Å²) in [6, 6.07) is 0. The van der Waals surface area contributed by atoms with E-state index in [1.165, 1.54) is 12.8 Å². The third kappa shape index (κ3) is 3.92. The number of nitrogens with zero attached hydrogens (tertiary/aromatic N) is 1. The molecule has 0 aliphatic carbocycles. The van der Waals surface area contributed by atoms with Gasteiger partial charge >= 0.3 is 0 Å². The van der Waals surface area contributed by atoms with E-state index in [-0.39, 0.29) is 6.29 Å². The number of ether oxygens (including phenoxy) is 3. The van der Waals surface area contributed by atoms with Gasteiger partial charge in [-0.2, -0.15) is 0 Å². The predicted octanol–water partition coefficient (Wildman–Crippen LogP) is 0.716. The maximum atomic E-state index is 5.55. The topological polar surface area (TPSA) is 30.9 Å². The standard InChI is InChI=1S/C10H21NO3/c1-11(8-10(12-2)13-3)7-9-5-4-6-14-9/h9-10H,4-8H2,1-3H3. The first-order chi connectivity index (χ1) is 6.76. The second-order valence-electron chi connectivity index (χ2n) is 3.76. The Morgan fingerprint density at radius 3 is 2.64 bits per heavy atom. The van der Waals surface area contributed by atoms with Crippen molar-refractivity contribution in [2.45, 2.75) is 25.2 Å². The van der Waals surface area contributed by atoms with Gasteiger partial charge in [-0.05, 0) is 19.9 Å². The van der Waals surface area contributed by atoms with Crippen LogP contribution in [0.5, 0.6) is 0 Å². The second kappa shape index (κ2) is 6.35. The first-order valence-electron chi connectivity index (χ1n) is 5.12. The lowest BCUT2D eigenvalue weighted by molar-refractivity contribution is -0.116. The van der Waals surface area contributed by atoms with Gasteiger partial charge < -0.3 is 14.2 Å². The van der Waals surface area contributed by atoms with Crippen LogP contribution in [-0.4, -0.2) is 58.3 Å². The molecule has 0 N–H and O–H groups in total. The fourth-order valence-corrected chi connectivity index (χ4v) is 1.71. The van der Waals surface area contributed by atoms with Gasteiger partial charge in [-0.15, -0.1) is 0 Å². The summed E-state index contributed by atoms with van der Waals surface area (Å²) in [5.41, 5.74) is 0. The van der Waals surface area contributed by atoms with Crippen molar-refractivity contribution in [3.8, 4) is 0 Å². The van der Waals surface area contributed by atoms with Crippen molar-refractivity contribution in [2.24, 2.45) is 0 Å². The molecule has 1 unspecified atom stereocenters. The molecule has 0 aromatic carbocycles. The van der Waals surface area contributed by atoms with E-state index in [1.54, 1.807) is 14.2 Å². The van der Waals surface area contributed by atoms with Crippen LogP contribution >= 0.6 is 0 Å². The van der Waals surface area contributed by atoms with Crippen LogP contribution in [0.4, 0.5) is 0 Å². The lowest BCUT2D eigenvalue weighted by Gasteiger charge is -2.24. The van der Waals surface area contributed by atoms with Crippen LogP contribution in [0, 0.1) is 0 Å². The zero-order valence-electron chi connectivity index (χ0n) is 9.36. The van der Waals surface area contributed by atoms with Crippen molar-refractivity contribution in [3.63, 3.8) is 0 Å². The Kier molecular flexibility index (Phi) is 5.40. The van der Waals surface area contributed by atoms with Gasteiger partial charge in [-0.3, -0.25) is 4.90 Å². The minimum Gasteiger partial charge on any atom is -0.377 e. The Labute approximate surface area is 86.1 Å². The Morgan fingerprint density at radius 2 is 2.14 bits per heavy atom. The SMILES string of the molecule is COC(CN(C)CC1CCCO1)OC. The van der Waals surface area contributed by atoms with Crippen molar-refractivity contribution >= 4 is 0 Å². The monoisotopic (exact) mass is 203 g/mol. The molecule has 1 fully saturated rings. The Morgan fingerprint density at radius 1 is 1.43 bits per heavy atom. The van der Waals surface area contributed by atoms with Gasteiger partial charge in [-0.1, -0.05) is 0 Å². The van der Waals surface area contributed by atoms with Gasteiger partial charge in [0.05, 0.1) is 6.10 Å². The molecule has 14 heavy (non-hydrogen) atoms. The molecule has 0 saturated carbocycles. The third-order valence-electron chi connectivity index (χ3n) is 2.53. The zero-order valence-corrected chi connectivity index (χ0v) is 9.36. The molecule has 0 amide bonds. The van der Waals surface area contributed by atoms with Gasteiger partial charge in [0.1, 0.15) is 0 Å². The van der Waals surface area contributed by atoms with E-state index in [2.05, 4.69) is 11.9 Å². The molecule has 4 nitrogen and oxygen atoms in total. The highest BCUT2D eigenvalue weighted by molar-refractivity contribution is 4.69. The number of hydrogen-bond acceptors (Lipinski definition) is 4.